The second-order valence-electron chi connectivity index (χ2n) is 7.43. The average Bonchev–Trinajstić information content (AvgIpc) is 2.75. The standard InChI is InChI=1S/C22H25Cl2N3O2.H3O4P/c1-13-8-10-26-21-18(27-14(2)5-4-9-25)12-19(28-3)22(20(13)21)29-15-6-7-16(23)17(24)11-15;1-5(2,3)4/h6-8,10-12,14,27H,4-5,9,25H2,1-3H3;(H3,1,2,3,4)/p-2. The number of nitrogens with zero attached hydrogens (tertiary/aromatic N) is 1. The summed E-state index contributed by atoms with van der Waals surface area (Å²) >= 11 is 12.2. The van der Waals surface area contributed by atoms with Crippen molar-refractivity contribution in [3.63, 3.8) is 0 Å². The fourth-order valence-electron chi connectivity index (χ4n) is 3.22. The van der Waals surface area contributed by atoms with Gasteiger partial charge in [-0.25, -0.2) is 0 Å². The fraction of sp³-hybridized carbons (Fsp3) is 0.318. The summed E-state index contributed by atoms with van der Waals surface area (Å²) < 4.78 is 20.5. The Morgan fingerprint density at radius 1 is 1.24 bits per heavy atom. The maximum absolute atomic E-state index is 8.66. The van der Waals surface area contributed by atoms with Gasteiger partial charge in [-0.05, 0) is 57.0 Å². The van der Waals surface area contributed by atoms with Crippen molar-refractivity contribution < 1.29 is 28.7 Å². The van der Waals surface area contributed by atoms with Gasteiger partial charge < -0.3 is 39.8 Å². The van der Waals surface area contributed by atoms with Gasteiger partial charge in [0.05, 0.1) is 41.6 Å². The maximum Gasteiger partial charge on any atom is 0.179 e. The third-order valence-corrected chi connectivity index (χ3v) is 5.45. The summed E-state index contributed by atoms with van der Waals surface area (Å²) in [5.41, 5.74) is 8.39. The summed E-state index contributed by atoms with van der Waals surface area (Å²) in [7, 11) is -3.52. The van der Waals surface area contributed by atoms with Crippen LogP contribution >= 0.6 is 31.0 Å². The molecule has 4 N–H and O–H groups in total. The molecule has 3 aromatic rings. The number of nitrogens with one attached hydrogen (secondary N) is 1. The maximum atomic E-state index is 8.66. The molecule has 0 bridgehead atoms. The van der Waals surface area contributed by atoms with Crippen molar-refractivity contribution in [2.45, 2.75) is 32.7 Å². The fourth-order valence-corrected chi connectivity index (χ4v) is 3.51. The van der Waals surface area contributed by atoms with Crippen LogP contribution in [-0.4, -0.2) is 29.6 Å². The lowest BCUT2D eigenvalue weighted by molar-refractivity contribution is -0.337. The first-order valence-corrected chi connectivity index (χ1v) is 12.5. The Hall–Kier alpha value is -2.10. The van der Waals surface area contributed by atoms with Gasteiger partial charge in [-0.3, -0.25) is 4.98 Å². The minimum atomic E-state index is -5.14. The van der Waals surface area contributed by atoms with Gasteiger partial charge in [0.15, 0.2) is 11.5 Å². The monoisotopic (exact) mass is 529 g/mol. The van der Waals surface area contributed by atoms with Crippen molar-refractivity contribution in [2.75, 3.05) is 19.0 Å². The SMILES string of the molecule is COc1cc(NC(C)CCCN)c2nccc(C)c2c1Oc1ccc(Cl)c(Cl)c1.O=P([O-])([O-])O. The third kappa shape index (κ3) is 8.29. The van der Waals surface area contributed by atoms with Crippen LogP contribution in [-0.2, 0) is 4.57 Å². The highest BCUT2D eigenvalue weighted by Gasteiger charge is 2.19. The summed E-state index contributed by atoms with van der Waals surface area (Å²) in [6, 6.07) is 9.27. The van der Waals surface area contributed by atoms with E-state index in [0.717, 1.165) is 35.0 Å². The minimum Gasteiger partial charge on any atom is -0.790 e. The number of hydrogen-bond acceptors (Lipinski definition) is 8. The van der Waals surface area contributed by atoms with Crippen LogP contribution in [0.25, 0.3) is 10.9 Å². The zero-order valence-electron chi connectivity index (χ0n) is 18.9. The molecule has 0 saturated carbocycles. The van der Waals surface area contributed by atoms with E-state index in [0.29, 0.717) is 33.8 Å². The van der Waals surface area contributed by atoms with Gasteiger partial charge in [-0.1, -0.05) is 23.2 Å². The number of rotatable bonds is 8. The molecule has 9 nitrogen and oxygen atoms in total. The summed E-state index contributed by atoms with van der Waals surface area (Å²) in [4.78, 5) is 28.9. The molecule has 1 unspecified atom stereocenters. The van der Waals surface area contributed by atoms with E-state index in [2.05, 4.69) is 17.2 Å². The van der Waals surface area contributed by atoms with Crippen molar-refractivity contribution in [1.29, 1.82) is 0 Å². The van der Waals surface area contributed by atoms with Crippen molar-refractivity contribution in [1.82, 2.24) is 4.98 Å². The molecule has 0 radical (unpaired) electrons. The molecule has 0 aliphatic heterocycles. The van der Waals surface area contributed by atoms with Gasteiger partial charge in [0, 0.05) is 24.4 Å². The van der Waals surface area contributed by atoms with E-state index in [4.69, 9.17) is 57.7 Å². The molecular formula is C22H26Cl2N3O6P-2. The lowest BCUT2D eigenvalue weighted by Gasteiger charge is -2.20. The predicted octanol–water partition coefficient (Wildman–Crippen LogP) is 4.00. The first-order chi connectivity index (χ1) is 15.9. The Bertz CT molecular complexity index is 1170. The Balaban J connectivity index is 0.000000739. The molecule has 0 amide bonds. The van der Waals surface area contributed by atoms with E-state index < -0.39 is 7.82 Å². The largest absolute Gasteiger partial charge is 0.790 e. The zero-order valence-corrected chi connectivity index (χ0v) is 21.3. The lowest BCUT2D eigenvalue weighted by Crippen LogP contribution is -2.17. The van der Waals surface area contributed by atoms with E-state index in [1.54, 1.807) is 31.5 Å². The van der Waals surface area contributed by atoms with Crippen molar-refractivity contribution in [3.05, 3.63) is 52.1 Å². The topological polar surface area (TPSA) is 153 Å². The quantitative estimate of drug-likeness (QED) is 0.367. The smallest absolute Gasteiger partial charge is 0.179 e. The molecule has 2 aromatic carbocycles. The normalized spacial score (nSPS) is 12.0. The second kappa shape index (κ2) is 12.6. The molecule has 186 valence electrons. The minimum absolute atomic E-state index is 0.246. The molecule has 3 rings (SSSR count). The third-order valence-electron chi connectivity index (χ3n) is 4.71. The summed E-state index contributed by atoms with van der Waals surface area (Å²) in [6.45, 7) is 4.82. The lowest BCUT2D eigenvalue weighted by atomic mass is 10.1. The molecule has 0 saturated heterocycles. The molecule has 0 aliphatic carbocycles. The van der Waals surface area contributed by atoms with Gasteiger partial charge in [0.2, 0.25) is 0 Å². The van der Waals surface area contributed by atoms with E-state index in [1.807, 2.05) is 19.1 Å². The Morgan fingerprint density at radius 3 is 2.50 bits per heavy atom. The van der Waals surface area contributed by atoms with Gasteiger partial charge in [0.1, 0.15) is 5.75 Å². The number of pyridine rings is 1. The molecule has 1 atom stereocenters. The number of anilines is 1. The van der Waals surface area contributed by atoms with Crippen LogP contribution in [0, 0.1) is 6.92 Å². The molecule has 1 aromatic heterocycles. The first-order valence-electron chi connectivity index (χ1n) is 10.2. The second-order valence-corrected chi connectivity index (χ2v) is 9.18. The molecule has 0 spiro atoms. The number of fused-ring (bicyclic) bond motifs is 1. The summed E-state index contributed by atoms with van der Waals surface area (Å²) in [5, 5.41) is 5.32. The number of phosphoric acid groups is 1. The number of halogens is 2. The van der Waals surface area contributed by atoms with Crippen LogP contribution in [0.2, 0.25) is 10.0 Å². The highest BCUT2D eigenvalue weighted by atomic mass is 35.5. The number of benzene rings is 2. The number of nitrogens with two attached hydrogens (primary N) is 1. The van der Waals surface area contributed by atoms with Crippen LogP contribution in [0.4, 0.5) is 5.69 Å². The van der Waals surface area contributed by atoms with Gasteiger partial charge in [0.25, 0.3) is 0 Å². The number of aryl methyl sites for hydroxylation is 1. The van der Waals surface area contributed by atoms with Gasteiger partial charge >= 0.3 is 0 Å². The number of ether oxygens (including phenoxy) is 2. The Morgan fingerprint density at radius 2 is 1.91 bits per heavy atom. The zero-order chi connectivity index (χ0) is 25.5. The van der Waals surface area contributed by atoms with Crippen LogP contribution in [0.1, 0.15) is 25.3 Å². The average molecular weight is 530 g/mol. The Kier molecular flexibility index (Phi) is 10.4. The van der Waals surface area contributed by atoms with Crippen LogP contribution in [0.15, 0.2) is 36.5 Å². The predicted molar refractivity (Wildman–Crippen MR) is 131 cm³/mol. The number of aromatic nitrogens is 1. The van der Waals surface area contributed by atoms with E-state index >= 15 is 0 Å². The summed E-state index contributed by atoms with van der Waals surface area (Å²) in [5.74, 6) is 1.76. The van der Waals surface area contributed by atoms with Crippen LogP contribution in [0.3, 0.4) is 0 Å². The molecule has 0 fully saturated rings. The summed E-state index contributed by atoms with van der Waals surface area (Å²) in [6.07, 6.45) is 3.71. The molecule has 1 heterocycles. The van der Waals surface area contributed by atoms with Gasteiger partial charge in [-0.2, -0.15) is 0 Å². The molecular weight excluding hydrogens is 504 g/mol. The van der Waals surface area contributed by atoms with E-state index in [1.165, 1.54) is 0 Å². The van der Waals surface area contributed by atoms with Gasteiger partial charge in [-0.15, -0.1) is 0 Å². The van der Waals surface area contributed by atoms with E-state index in [9.17, 15) is 0 Å². The molecule has 34 heavy (non-hydrogen) atoms. The first kappa shape index (κ1) is 28.1. The highest BCUT2D eigenvalue weighted by Crippen LogP contribution is 2.44. The van der Waals surface area contributed by atoms with Crippen LogP contribution in [0.5, 0.6) is 17.2 Å². The Labute approximate surface area is 208 Å². The van der Waals surface area contributed by atoms with Crippen LogP contribution < -0.4 is 30.3 Å². The van der Waals surface area contributed by atoms with E-state index in [-0.39, 0.29) is 6.04 Å². The number of methoxy groups -OCH3 is 1. The molecule has 0 aliphatic rings. The number of hydrogen-bond donors (Lipinski definition) is 3. The molecule has 12 heteroatoms. The van der Waals surface area contributed by atoms with Crippen molar-refractivity contribution >= 4 is 47.6 Å². The highest BCUT2D eigenvalue weighted by molar-refractivity contribution is 7.42. The van der Waals surface area contributed by atoms with Crippen molar-refractivity contribution in [2.24, 2.45) is 5.73 Å². The van der Waals surface area contributed by atoms with Crippen molar-refractivity contribution in [3.8, 4) is 17.2 Å².